The quantitative estimate of drug-likeness (QED) is 0.854. The van der Waals surface area contributed by atoms with E-state index in [1.807, 2.05) is 24.3 Å². The highest BCUT2D eigenvalue weighted by Crippen LogP contribution is 2.25. The SMILES string of the molecule is Cc1cc(C)cc(C(O)c2ccc(C(C)C)cc2)c1. The molecule has 0 aliphatic rings. The van der Waals surface area contributed by atoms with E-state index in [2.05, 4.69) is 45.9 Å². The third-order valence-electron chi connectivity index (χ3n) is 3.48. The molecule has 0 aliphatic carbocycles. The standard InChI is InChI=1S/C18H22O/c1-12(2)15-5-7-16(8-6-15)18(19)17-10-13(3)9-14(4)11-17/h5-12,18-19H,1-4H3. The fourth-order valence-corrected chi connectivity index (χ4v) is 2.42. The fraction of sp³-hybridized carbons (Fsp3) is 0.333. The minimum Gasteiger partial charge on any atom is -0.384 e. The second-order valence-corrected chi connectivity index (χ2v) is 5.64. The minimum atomic E-state index is -0.542. The summed E-state index contributed by atoms with van der Waals surface area (Å²) >= 11 is 0. The average Bonchev–Trinajstić information content (AvgIpc) is 2.37. The molecular weight excluding hydrogens is 232 g/mol. The Hall–Kier alpha value is -1.60. The van der Waals surface area contributed by atoms with Gasteiger partial charge in [0.2, 0.25) is 0 Å². The molecule has 0 heterocycles. The Balaban J connectivity index is 2.30. The summed E-state index contributed by atoms with van der Waals surface area (Å²) in [4.78, 5) is 0. The molecule has 0 aliphatic heterocycles. The van der Waals surface area contributed by atoms with Gasteiger partial charge in [-0.2, -0.15) is 0 Å². The van der Waals surface area contributed by atoms with Gasteiger partial charge in [0.05, 0.1) is 0 Å². The third kappa shape index (κ3) is 3.24. The summed E-state index contributed by atoms with van der Waals surface area (Å²) in [6.07, 6.45) is -0.542. The molecule has 1 N–H and O–H groups in total. The molecule has 1 atom stereocenters. The lowest BCUT2D eigenvalue weighted by atomic mass is 9.95. The Labute approximate surface area is 115 Å². The van der Waals surface area contributed by atoms with Crippen molar-refractivity contribution in [2.75, 3.05) is 0 Å². The van der Waals surface area contributed by atoms with Crippen molar-refractivity contribution >= 4 is 0 Å². The van der Waals surface area contributed by atoms with Gasteiger partial charge in [0.1, 0.15) is 6.10 Å². The van der Waals surface area contributed by atoms with Crippen LogP contribution in [0.4, 0.5) is 0 Å². The van der Waals surface area contributed by atoms with Crippen molar-refractivity contribution in [1.82, 2.24) is 0 Å². The van der Waals surface area contributed by atoms with E-state index in [-0.39, 0.29) is 0 Å². The molecule has 1 heteroatoms. The highest BCUT2D eigenvalue weighted by atomic mass is 16.3. The van der Waals surface area contributed by atoms with E-state index in [0.29, 0.717) is 5.92 Å². The first kappa shape index (κ1) is 13.8. The first-order valence-corrected chi connectivity index (χ1v) is 6.83. The van der Waals surface area contributed by atoms with Crippen LogP contribution in [-0.4, -0.2) is 5.11 Å². The number of benzene rings is 2. The summed E-state index contributed by atoms with van der Waals surface area (Å²) in [6, 6.07) is 14.5. The van der Waals surface area contributed by atoms with E-state index in [1.165, 1.54) is 16.7 Å². The molecule has 0 saturated carbocycles. The van der Waals surface area contributed by atoms with Crippen LogP contribution in [0.15, 0.2) is 42.5 Å². The molecule has 0 saturated heterocycles. The number of aliphatic hydroxyl groups excluding tert-OH is 1. The van der Waals surface area contributed by atoms with Gasteiger partial charge in [-0.05, 0) is 36.5 Å². The summed E-state index contributed by atoms with van der Waals surface area (Å²) < 4.78 is 0. The van der Waals surface area contributed by atoms with Crippen LogP contribution in [0.25, 0.3) is 0 Å². The smallest absolute Gasteiger partial charge is 0.104 e. The molecular formula is C18H22O. The molecule has 2 aromatic carbocycles. The van der Waals surface area contributed by atoms with Crippen LogP contribution < -0.4 is 0 Å². The molecule has 0 fully saturated rings. The van der Waals surface area contributed by atoms with Gasteiger partial charge in [-0.3, -0.25) is 0 Å². The topological polar surface area (TPSA) is 20.2 Å². The summed E-state index contributed by atoms with van der Waals surface area (Å²) in [5.41, 5.74) is 5.60. The molecule has 0 radical (unpaired) electrons. The molecule has 0 aromatic heterocycles. The van der Waals surface area contributed by atoms with Gasteiger partial charge in [-0.15, -0.1) is 0 Å². The zero-order chi connectivity index (χ0) is 14.0. The summed E-state index contributed by atoms with van der Waals surface area (Å²) in [5, 5.41) is 10.5. The predicted octanol–water partition coefficient (Wildman–Crippen LogP) is 4.51. The molecule has 2 aromatic rings. The number of aliphatic hydroxyl groups is 1. The zero-order valence-electron chi connectivity index (χ0n) is 12.1. The van der Waals surface area contributed by atoms with Crippen molar-refractivity contribution in [1.29, 1.82) is 0 Å². The van der Waals surface area contributed by atoms with Crippen LogP contribution in [0.2, 0.25) is 0 Å². The Bertz CT molecular complexity index is 532. The lowest BCUT2D eigenvalue weighted by Gasteiger charge is -2.14. The van der Waals surface area contributed by atoms with Crippen LogP contribution in [0.3, 0.4) is 0 Å². The monoisotopic (exact) mass is 254 g/mol. The van der Waals surface area contributed by atoms with E-state index in [0.717, 1.165) is 11.1 Å². The van der Waals surface area contributed by atoms with Gasteiger partial charge < -0.3 is 5.11 Å². The molecule has 2 rings (SSSR count). The van der Waals surface area contributed by atoms with Gasteiger partial charge in [0, 0.05) is 0 Å². The maximum Gasteiger partial charge on any atom is 0.104 e. The van der Waals surface area contributed by atoms with Gasteiger partial charge in [-0.25, -0.2) is 0 Å². The van der Waals surface area contributed by atoms with E-state index >= 15 is 0 Å². The highest BCUT2D eigenvalue weighted by Gasteiger charge is 2.11. The predicted molar refractivity (Wildman–Crippen MR) is 80.5 cm³/mol. The summed E-state index contributed by atoms with van der Waals surface area (Å²) in [6.45, 7) is 8.47. The van der Waals surface area contributed by atoms with Crippen molar-refractivity contribution in [2.24, 2.45) is 0 Å². The maximum absolute atomic E-state index is 10.5. The Morgan fingerprint density at radius 2 is 1.21 bits per heavy atom. The number of aryl methyl sites for hydroxylation is 2. The number of rotatable bonds is 3. The summed E-state index contributed by atoms with van der Waals surface area (Å²) in [7, 11) is 0. The van der Waals surface area contributed by atoms with Gasteiger partial charge in [0.25, 0.3) is 0 Å². The van der Waals surface area contributed by atoms with Crippen molar-refractivity contribution in [3.63, 3.8) is 0 Å². The van der Waals surface area contributed by atoms with Gasteiger partial charge >= 0.3 is 0 Å². The van der Waals surface area contributed by atoms with E-state index in [9.17, 15) is 5.11 Å². The Kier molecular flexibility index (Phi) is 4.06. The second kappa shape index (κ2) is 5.58. The van der Waals surface area contributed by atoms with Crippen molar-refractivity contribution in [2.45, 2.75) is 39.7 Å². The Morgan fingerprint density at radius 1 is 0.737 bits per heavy atom. The van der Waals surface area contributed by atoms with Crippen LogP contribution in [-0.2, 0) is 0 Å². The maximum atomic E-state index is 10.5. The molecule has 100 valence electrons. The second-order valence-electron chi connectivity index (χ2n) is 5.64. The van der Waals surface area contributed by atoms with E-state index < -0.39 is 6.10 Å². The van der Waals surface area contributed by atoms with E-state index in [1.54, 1.807) is 0 Å². The first-order chi connectivity index (χ1) is 8.97. The van der Waals surface area contributed by atoms with Crippen LogP contribution in [0.1, 0.15) is 53.7 Å². The van der Waals surface area contributed by atoms with Crippen LogP contribution >= 0.6 is 0 Å². The summed E-state index contributed by atoms with van der Waals surface area (Å²) in [5.74, 6) is 0.521. The molecule has 1 unspecified atom stereocenters. The van der Waals surface area contributed by atoms with Crippen molar-refractivity contribution in [3.8, 4) is 0 Å². The van der Waals surface area contributed by atoms with Crippen molar-refractivity contribution in [3.05, 3.63) is 70.3 Å². The molecule has 0 spiro atoms. The van der Waals surface area contributed by atoms with Crippen molar-refractivity contribution < 1.29 is 5.11 Å². The van der Waals surface area contributed by atoms with Gasteiger partial charge in [-0.1, -0.05) is 67.4 Å². The number of hydrogen-bond acceptors (Lipinski definition) is 1. The molecule has 1 nitrogen and oxygen atoms in total. The first-order valence-electron chi connectivity index (χ1n) is 6.83. The van der Waals surface area contributed by atoms with Gasteiger partial charge in [0.15, 0.2) is 0 Å². The Morgan fingerprint density at radius 3 is 1.68 bits per heavy atom. The lowest BCUT2D eigenvalue weighted by molar-refractivity contribution is 0.220. The highest BCUT2D eigenvalue weighted by molar-refractivity contribution is 5.36. The van der Waals surface area contributed by atoms with Crippen LogP contribution in [0.5, 0.6) is 0 Å². The zero-order valence-corrected chi connectivity index (χ0v) is 12.1. The normalized spacial score (nSPS) is 12.7. The number of hydrogen-bond donors (Lipinski definition) is 1. The average molecular weight is 254 g/mol. The minimum absolute atomic E-state index is 0.521. The third-order valence-corrected chi connectivity index (χ3v) is 3.48. The fourth-order valence-electron chi connectivity index (χ4n) is 2.42. The molecule has 0 bridgehead atoms. The molecule has 0 amide bonds. The lowest BCUT2D eigenvalue weighted by Crippen LogP contribution is -2.01. The van der Waals surface area contributed by atoms with Crippen LogP contribution in [0, 0.1) is 13.8 Å². The molecule has 19 heavy (non-hydrogen) atoms. The largest absolute Gasteiger partial charge is 0.384 e. The van der Waals surface area contributed by atoms with E-state index in [4.69, 9.17) is 0 Å².